The zero-order valence-corrected chi connectivity index (χ0v) is 30.6. The van der Waals surface area contributed by atoms with Gasteiger partial charge in [0.1, 0.15) is 6.61 Å². The van der Waals surface area contributed by atoms with E-state index in [4.69, 9.17) is 32.6 Å². The van der Waals surface area contributed by atoms with Crippen LogP contribution in [-0.2, 0) is 47.5 Å². The summed E-state index contributed by atoms with van der Waals surface area (Å²) < 4.78 is 65.2. The van der Waals surface area contributed by atoms with Crippen LogP contribution in [0.3, 0.4) is 0 Å². The van der Waals surface area contributed by atoms with Crippen LogP contribution in [0.5, 0.6) is 0 Å². The quantitative estimate of drug-likeness (QED) is 0.0842. The van der Waals surface area contributed by atoms with E-state index in [1.807, 2.05) is 6.92 Å². The molecular weight excluding hydrogens is 636 g/mol. The average molecular weight is 697 g/mol. The molecule has 10 nitrogen and oxygen atoms in total. The molecule has 9 atom stereocenters. The predicted octanol–water partition coefficient (Wildman–Crippen LogP) is 6.50. The van der Waals surface area contributed by atoms with E-state index in [1.54, 1.807) is 0 Å². The van der Waals surface area contributed by atoms with Crippen LogP contribution in [0.4, 0.5) is 0 Å². The summed E-state index contributed by atoms with van der Waals surface area (Å²) in [5.41, 5.74) is 2.43. The summed E-state index contributed by atoms with van der Waals surface area (Å²) >= 11 is 0. The second-order valence-electron chi connectivity index (χ2n) is 14.2. The Labute approximate surface area is 289 Å². The number of carbonyl (C=O) groups is 1. The first-order valence-electron chi connectivity index (χ1n) is 18.1. The molecule has 2 aliphatic heterocycles. The molecule has 0 spiro atoms. The minimum Gasteiger partial charge on any atom is -0.467 e. The minimum absolute atomic E-state index is 0.0333. The van der Waals surface area contributed by atoms with Crippen molar-refractivity contribution in [3.8, 4) is 0 Å². The van der Waals surface area contributed by atoms with Crippen LogP contribution in [0.1, 0.15) is 91.4 Å². The number of allylic oxidation sites excluding steroid dienone is 4. The number of ether oxygens (including phenoxy) is 6. The molecule has 4 rings (SSSR count). The van der Waals surface area contributed by atoms with E-state index in [0.29, 0.717) is 11.8 Å². The molecule has 2 heterocycles. The Kier molecular flexibility index (Phi) is 16.1. The maximum atomic E-state index is 12.0. The molecule has 2 aliphatic carbocycles. The minimum atomic E-state index is -3.66. The Hall–Kier alpha value is -1.60. The largest absolute Gasteiger partial charge is 0.467 e. The molecule has 0 N–H and O–H groups in total. The lowest BCUT2D eigenvalue weighted by Crippen LogP contribution is -2.37. The van der Waals surface area contributed by atoms with Crippen molar-refractivity contribution in [1.29, 1.82) is 0 Å². The first-order valence-corrected chi connectivity index (χ1v) is 19.9. The van der Waals surface area contributed by atoms with Crippen molar-refractivity contribution in [3.63, 3.8) is 0 Å². The maximum Gasteiger partial charge on any atom is 0.331 e. The third-order valence-electron chi connectivity index (χ3n) is 10.2. The van der Waals surface area contributed by atoms with Gasteiger partial charge in [-0.15, -0.1) is 0 Å². The molecule has 0 aromatic rings. The molecule has 0 radical (unpaired) electrons. The lowest BCUT2D eigenvalue weighted by molar-refractivity contribution is -0.203. The van der Waals surface area contributed by atoms with Crippen molar-refractivity contribution in [3.05, 3.63) is 35.5 Å². The molecule has 0 amide bonds. The molecule has 9 unspecified atom stereocenters. The number of methoxy groups -OCH3 is 1. The fourth-order valence-corrected chi connectivity index (χ4v) is 8.35. The Morgan fingerprint density at radius 1 is 1.06 bits per heavy atom. The van der Waals surface area contributed by atoms with Crippen molar-refractivity contribution >= 4 is 16.1 Å². The van der Waals surface area contributed by atoms with Crippen LogP contribution in [0.15, 0.2) is 35.5 Å². The van der Waals surface area contributed by atoms with E-state index >= 15 is 0 Å². The van der Waals surface area contributed by atoms with E-state index in [-0.39, 0.29) is 62.4 Å². The first kappa shape index (κ1) is 39.2. The molecular formula is C37H60O10S. The van der Waals surface area contributed by atoms with Crippen LogP contribution >= 0.6 is 0 Å². The smallest absolute Gasteiger partial charge is 0.331 e. The van der Waals surface area contributed by atoms with Crippen molar-refractivity contribution in [2.45, 2.75) is 116 Å². The Morgan fingerprint density at radius 2 is 1.79 bits per heavy atom. The fourth-order valence-electron chi connectivity index (χ4n) is 7.94. The normalized spacial score (nSPS) is 29.6. The molecule has 1 saturated carbocycles. The maximum absolute atomic E-state index is 12.0. The van der Waals surface area contributed by atoms with Gasteiger partial charge < -0.3 is 28.4 Å². The van der Waals surface area contributed by atoms with Gasteiger partial charge in [0.25, 0.3) is 10.1 Å². The van der Waals surface area contributed by atoms with Crippen molar-refractivity contribution in [2.24, 2.45) is 29.6 Å². The molecule has 3 fully saturated rings. The van der Waals surface area contributed by atoms with Crippen LogP contribution in [-0.4, -0.2) is 85.6 Å². The number of rotatable bonds is 19. The Bertz CT molecular complexity index is 1180. The van der Waals surface area contributed by atoms with Crippen molar-refractivity contribution < 1.29 is 45.8 Å². The standard InChI is InChI=1S/C37H60O10S/c1-6-12-31(46-35-15-7-9-17-43-35)20-27(14-11-13-26(2)3)37-32-21-28(19-29(32)22-33(37)47-36-16-8-10-18-44-36)30(24-45-48(5,39)40)23-42-25-34(38)41-4/h6,12-13,19,27,29-33,35-37H,7-11,14-18,20-25H2,1-5H3. The summed E-state index contributed by atoms with van der Waals surface area (Å²) in [7, 11) is -2.34. The zero-order valence-electron chi connectivity index (χ0n) is 29.8. The van der Waals surface area contributed by atoms with Gasteiger partial charge in [0.15, 0.2) is 12.6 Å². The molecule has 0 aromatic heterocycles. The van der Waals surface area contributed by atoms with Crippen molar-refractivity contribution in [1.82, 2.24) is 0 Å². The fraction of sp³-hybridized carbons (Fsp3) is 0.811. The molecule has 4 aliphatic rings. The van der Waals surface area contributed by atoms with Crippen LogP contribution in [0.2, 0.25) is 0 Å². The first-order chi connectivity index (χ1) is 23.1. The van der Waals surface area contributed by atoms with Gasteiger partial charge in [-0.2, -0.15) is 8.42 Å². The molecule has 48 heavy (non-hydrogen) atoms. The van der Waals surface area contributed by atoms with Gasteiger partial charge in [-0.1, -0.05) is 35.5 Å². The van der Waals surface area contributed by atoms with Crippen molar-refractivity contribution in [2.75, 3.05) is 46.4 Å². The van der Waals surface area contributed by atoms with Gasteiger partial charge in [-0.25, -0.2) is 4.79 Å². The summed E-state index contributed by atoms with van der Waals surface area (Å²) in [4.78, 5) is 11.8. The van der Waals surface area contributed by atoms with E-state index in [1.165, 1.54) is 12.7 Å². The molecule has 0 bridgehead atoms. The summed E-state index contributed by atoms with van der Waals surface area (Å²) in [5, 5.41) is 0. The average Bonchev–Trinajstić information content (AvgIpc) is 3.60. The van der Waals surface area contributed by atoms with E-state index in [9.17, 15) is 13.2 Å². The summed E-state index contributed by atoms with van der Waals surface area (Å²) in [6.45, 7) is 7.74. The van der Waals surface area contributed by atoms with Gasteiger partial charge in [0.05, 0.1) is 38.8 Å². The highest BCUT2D eigenvalue weighted by Gasteiger charge is 2.50. The van der Waals surface area contributed by atoms with Crippen LogP contribution < -0.4 is 0 Å². The third kappa shape index (κ3) is 12.6. The highest BCUT2D eigenvalue weighted by molar-refractivity contribution is 7.85. The van der Waals surface area contributed by atoms with E-state index in [2.05, 4.69) is 38.2 Å². The lowest BCUT2D eigenvalue weighted by Gasteiger charge is -2.37. The van der Waals surface area contributed by atoms with Gasteiger partial charge in [0.2, 0.25) is 0 Å². The highest BCUT2D eigenvalue weighted by Crippen LogP contribution is 2.54. The van der Waals surface area contributed by atoms with Crippen LogP contribution in [0, 0.1) is 29.6 Å². The number of esters is 1. The van der Waals surface area contributed by atoms with E-state index in [0.717, 1.165) is 95.7 Å². The number of hydrogen-bond donors (Lipinski definition) is 0. The van der Waals surface area contributed by atoms with Gasteiger partial charge in [0, 0.05) is 19.1 Å². The number of carbonyl (C=O) groups excluding carboxylic acids is 1. The topological polar surface area (TPSA) is 116 Å². The highest BCUT2D eigenvalue weighted by atomic mass is 32.2. The van der Waals surface area contributed by atoms with Gasteiger partial charge >= 0.3 is 5.97 Å². The lowest BCUT2D eigenvalue weighted by atomic mass is 9.75. The SMILES string of the molecule is CC=CC(CC(CCC=C(C)C)C1C(OC2CCCCO2)CC2C=C(C(COCC(=O)OC)COS(C)(=O)=O)CC21)OC1CCCCO1. The Balaban J connectivity index is 1.60. The molecule has 11 heteroatoms. The predicted molar refractivity (Wildman–Crippen MR) is 183 cm³/mol. The van der Waals surface area contributed by atoms with Gasteiger partial charge in [-0.3, -0.25) is 4.18 Å². The third-order valence-corrected chi connectivity index (χ3v) is 10.7. The summed E-state index contributed by atoms with van der Waals surface area (Å²) in [5.74, 6) is 0.357. The second-order valence-corrected chi connectivity index (χ2v) is 15.8. The van der Waals surface area contributed by atoms with Gasteiger partial charge in [-0.05, 0) is 115 Å². The summed E-state index contributed by atoms with van der Waals surface area (Å²) in [6.07, 6.45) is 20.2. The monoisotopic (exact) mass is 696 g/mol. The molecule has 274 valence electrons. The zero-order chi connectivity index (χ0) is 34.5. The summed E-state index contributed by atoms with van der Waals surface area (Å²) in [6, 6.07) is 0. The number of hydrogen-bond acceptors (Lipinski definition) is 10. The second kappa shape index (κ2) is 19.7. The molecule has 2 saturated heterocycles. The Morgan fingerprint density at radius 3 is 2.42 bits per heavy atom. The number of fused-ring (bicyclic) bond motifs is 1. The van der Waals surface area contributed by atoms with E-state index < -0.39 is 16.1 Å². The molecule has 0 aromatic carbocycles. The van der Waals surface area contributed by atoms with Crippen LogP contribution in [0.25, 0.3) is 0 Å².